The third-order valence-electron chi connectivity index (χ3n) is 5.21. The summed E-state index contributed by atoms with van der Waals surface area (Å²) in [7, 11) is 0. The highest BCUT2D eigenvalue weighted by atomic mass is 16.5. The van der Waals surface area contributed by atoms with Gasteiger partial charge in [-0.1, -0.05) is 47.7 Å². The van der Waals surface area contributed by atoms with Gasteiger partial charge in [-0.2, -0.15) is 0 Å². The van der Waals surface area contributed by atoms with Gasteiger partial charge in [0.1, 0.15) is 0 Å². The zero-order valence-corrected chi connectivity index (χ0v) is 15.7. The Bertz CT molecular complexity index is 993. The number of amides is 2. The number of nitrogens with zero attached hydrogens (tertiary/aromatic N) is 4. The van der Waals surface area contributed by atoms with Gasteiger partial charge in [0.2, 0.25) is 0 Å². The molecular formula is C21H21N5O3. The Morgan fingerprint density at radius 2 is 1.62 bits per heavy atom. The molecule has 0 bridgehead atoms. The highest BCUT2D eigenvalue weighted by molar-refractivity contribution is 5.94. The molecule has 2 amide bonds. The van der Waals surface area contributed by atoms with Crippen LogP contribution in [-0.4, -0.2) is 50.0 Å². The number of likely N-dealkylation sites (tertiary alicyclic amines) is 1. The molecule has 2 aromatic carbocycles. The van der Waals surface area contributed by atoms with Crippen molar-refractivity contribution in [1.82, 2.24) is 25.4 Å². The number of hydroxylamine groups is 1. The first-order valence-corrected chi connectivity index (χ1v) is 9.47. The molecule has 0 spiro atoms. The first-order valence-electron chi connectivity index (χ1n) is 9.47. The van der Waals surface area contributed by atoms with Gasteiger partial charge in [-0.15, -0.1) is 5.10 Å². The van der Waals surface area contributed by atoms with Crippen molar-refractivity contribution in [3.63, 3.8) is 0 Å². The molecule has 148 valence electrons. The molecule has 4 rings (SSSR count). The Morgan fingerprint density at radius 3 is 2.28 bits per heavy atom. The molecule has 0 unspecified atom stereocenters. The molecule has 0 radical (unpaired) electrons. The van der Waals surface area contributed by atoms with Gasteiger partial charge < -0.3 is 4.90 Å². The molecule has 1 aromatic heterocycles. The van der Waals surface area contributed by atoms with Gasteiger partial charge in [-0.3, -0.25) is 14.8 Å². The van der Waals surface area contributed by atoms with E-state index in [2.05, 4.69) is 10.3 Å². The van der Waals surface area contributed by atoms with Gasteiger partial charge in [-0.25, -0.2) is 10.2 Å². The van der Waals surface area contributed by atoms with Crippen LogP contribution in [0, 0.1) is 0 Å². The molecule has 2 heterocycles. The van der Waals surface area contributed by atoms with E-state index < -0.39 is 5.91 Å². The quantitative estimate of drug-likeness (QED) is 0.526. The predicted octanol–water partition coefficient (Wildman–Crippen LogP) is 2.54. The zero-order valence-electron chi connectivity index (χ0n) is 15.7. The molecular weight excluding hydrogens is 370 g/mol. The summed E-state index contributed by atoms with van der Waals surface area (Å²) in [4.78, 5) is 26.1. The summed E-state index contributed by atoms with van der Waals surface area (Å²) in [6.45, 7) is 1.21. The fourth-order valence-corrected chi connectivity index (χ4v) is 3.57. The normalized spacial score (nSPS) is 14.6. The van der Waals surface area contributed by atoms with Crippen molar-refractivity contribution in [2.45, 2.75) is 18.9 Å². The van der Waals surface area contributed by atoms with Crippen LogP contribution < -0.4 is 5.48 Å². The van der Waals surface area contributed by atoms with E-state index in [0.717, 1.165) is 24.0 Å². The lowest BCUT2D eigenvalue weighted by molar-refractivity contribution is 0.0688. The molecule has 1 fully saturated rings. The Labute approximate surface area is 167 Å². The number of carbonyl (C=O) groups excluding carboxylic acids is 2. The molecule has 3 aromatic rings. The number of hydrogen-bond donors (Lipinski definition) is 2. The van der Waals surface area contributed by atoms with E-state index >= 15 is 0 Å². The molecule has 0 atom stereocenters. The summed E-state index contributed by atoms with van der Waals surface area (Å²) in [5, 5.41) is 16.4. The monoisotopic (exact) mass is 391 g/mol. The van der Waals surface area contributed by atoms with E-state index in [9.17, 15) is 9.59 Å². The van der Waals surface area contributed by atoms with Gasteiger partial charge in [0.05, 0.1) is 12.2 Å². The van der Waals surface area contributed by atoms with Gasteiger partial charge in [0.25, 0.3) is 11.8 Å². The van der Waals surface area contributed by atoms with Crippen LogP contribution in [0.15, 0.2) is 60.8 Å². The Kier molecular flexibility index (Phi) is 5.35. The van der Waals surface area contributed by atoms with Crippen LogP contribution in [0.3, 0.4) is 0 Å². The van der Waals surface area contributed by atoms with E-state index in [4.69, 9.17) is 5.21 Å². The average Bonchev–Trinajstić information content (AvgIpc) is 3.29. The van der Waals surface area contributed by atoms with Crippen molar-refractivity contribution in [1.29, 1.82) is 0 Å². The smallest absolute Gasteiger partial charge is 0.296 e. The fraction of sp³-hybridized carbons (Fsp3) is 0.238. The van der Waals surface area contributed by atoms with Crippen LogP contribution >= 0.6 is 0 Å². The van der Waals surface area contributed by atoms with Crippen molar-refractivity contribution in [3.05, 3.63) is 72.1 Å². The Balaban J connectivity index is 1.37. The van der Waals surface area contributed by atoms with Crippen molar-refractivity contribution >= 4 is 11.8 Å². The van der Waals surface area contributed by atoms with Crippen molar-refractivity contribution in [2.75, 3.05) is 13.1 Å². The number of rotatable bonds is 4. The third-order valence-corrected chi connectivity index (χ3v) is 5.21. The van der Waals surface area contributed by atoms with Gasteiger partial charge in [0.15, 0.2) is 5.69 Å². The SMILES string of the molecule is O=C(NO)c1cn(C2CCN(C(=O)c3ccc(-c4ccccc4)cc3)CC2)nn1. The standard InChI is InChI=1S/C21H21N5O3/c27-20(23-29)19-14-26(24-22-19)18-10-12-25(13-11-18)21(28)17-8-6-16(7-9-17)15-4-2-1-3-5-15/h1-9,14,18,29H,10-13H2,(H,23,27). The molecule has 0 saturated carbocycles. The number of aromatic nitrogens is 3. The predicted molar refractivity (Wildman–Crippen MR) is 105 cm³/mol. The summed E-state index contributed by atoms with van der Waals surface area (Å²) < 4.78 is 1.63. The molecule has 8 heteroatoms. The Morgan fingerprint density at radius 1 is 0.966 bits per heavy atom. The van der Waals surface area contributed by atoms with Crippen LogP contribution in [0.1, 0.15) is 39.7 Å². The maximum Gasteiger partial charge on any atom is 0.296 e. The largest absolute Gasteiger partial charge is 0.338 e. The van der Waals surface area contributed by atoms with E-state index in [-0.39, 0.29) is 17.6 Å². The molecule has 2 N–H and O–H groups in total. The number of carbonyl (C=O) groups is 2. The highest BCUT2D eigenvalue weighted by Gasteiger charge is 2.26. The van der Waals surface area contributed by atoms with E-state index in [1.165, 1.54) is 6.20 Å². The number of piperidine rings is 1. The van der Waals surface area contributed by atoms with Crippen molar-refractivity contribution in [3.8, 4) is 11.1 Å². The topological polar surface area (TPSA) is 100 Å². The van der Waals surface area contributed by atoms with Gasteiger partial charge in [-0.05, 0) is 36.1 Å². The maximum atomic E-state index is 12.8. The number of benzene rings is 2. The summed E-state index contributed by atoms with van der Waals surface area (Å²) in [6, 6.07) is 17.8. The summed E-state index contributed by atoms with van der Waals surface area (Å²) in [5.74, 6) is -0.676. The summed E-state index contributed by atoms with van der Waals surface area (Å²) in [5.41, 5.74) is 4.47. The van der Waals surface area contributed by atoms with E-state index in [0.29, 0.717) is 18.7 Å². The minimum Gasteiger partial charge on any atom is -0.338 e. The first kappa shape index (κ1) is 18.8. The maximum absolute atomic E-state index is 12.8. The molecule has 1 aliphatic heterocycles. The van der Waals surface area contributed by atoms with Crippen LogP contribution in [0.4, 0.5) is 0 Å². The molecule has 1 aliphatic rings. The molecule has 0 aliphatic carbocycles. The first-order chi connectivity index (χ1) is 14.2. The second kappa shape index (κ2) is 8.24. The zero-order chi connectivity index (χ0) is 20.2. The highest BCUT2D eigenvalue weighted by Crippen LogP contribution is 2.24. The molecule has 1 saturated heterocycles. The van der Waals surface area contributed by atoms with Gasteiger partial charge >= 0.3 is 0 Å². The lowest BCUT2D eigenvalue weighted by Crippen LogP contribution is -2.39. The van der Waals surface area contributed by atoms with E-state index in [1.807, 2.05) is 59.5 Å². The minimum atomic E-state index is -0.692. The molecule has 29 heavy (non-hydrogen) atoms. The average molecular weight is 391 g/mol. The molecule has 8 nitrogen and oxygen atoms in total. The fourth-order valence-electron chi connectivity index (χ4n) is 3.57. The van der Waals surface area contributed by atoms with Crippen LogP contribution in [0.2, 0.25) is 0 Å². The summed E-state index contributed by atoms with van der Waals surface area (Å²) >= 11 is 0. The third kappa shape index (κ3) is 4.02. The van der Waals surface area contributed by atoms with Crippen molar-refractivity contribution < 1.29 is 14.8 Å². The van der Waals surface area contributed by atoms with Gasteiger partial charge in [0, 0.05) is 18.7 Å². The van der Waals surface area contributed by atoms with E-state index in [1.54, 1.807) is 10.2 Å². The second-order valence-electron chi connectivity index (χ2n) is 6.99. The summed E-state index contributed by atoms with van der Waals surface area (Å²) in [6.07, 6.45) is 2.95. The van der Waals surface area contributed by atoms with Crippen molar-refractivity contribution in [2.24, 2.45) is 0 Å². The minimum absolute atomic E-state index is 0.0157. The number of hydrogen-bond acceptors (Lipinski definition) is 5. The number of nitrogens with one attached hydrogen (secondary N) is 1. The lowest BCUT2D eigenvalue weighted by Gasteiger charge is -2.32. The second-order valence-corrected chi connectivity index (χ2v) is 6.99. The lowest BCUT2D eigenvalue weighted by atomic mass is 10.0. The van der Waals surface area contributed by atoms with Crippen LogP contribution in [-0.2, 0) is 0 Å². The van der Waals surface area contributed by atoms with Crippen LogP contribution in [0.5, 0.6) is 0 Å². The Hall–Kier alpha value is -3.52. The van der Waals surface area contributed by atoms with Crippen LogP contribution in [0.25, 0.3) is 11.1 Å².